The van der Waals surface area contributed by atoms with E-state index in [-0.39, 0.29) is 11.9 Å². The zero-order valence-corrected chi connectivity index (χ0v) is 15.0. The molecule has 4 nitrogen and oxygen atoms in total. The van der Waals surface area contributed by atoms with E-state index in [9.17, 15) is 4.79 Å². The Morgan fingerprint density at radius 1 is 1.25 bits per heavy atom. The molecule has 0 heterocycles. The van der Waals surface area contributed by atoms with Crippen LogP contribution >= 0.6 is 11.6 Å². The van der Waals surface area contributed by atoms with Crippen molar-refractivity contribution < 1.29 is 9.53 Å². The summed E-state index contributed by atoms with van der Waals surface area (Å²) in [5, 5.41) is 3.67. The van der Waals surface area contributed by atoms with E-state index in [1.807, 2.05) is 67.4 Å². The minimum absolute atomic E-state index is 0.0153. The van der Waals surface area contributed by atoms with Gasteiger partial charge in [0.1, 0.15) is 5.75 Å². The molecule has 0 aliphatic heterocycles. The molecule has 0 aliphatic carbocycles. The van der Waals surface area contributed by atoms with E-state index >= 15 is 0 Å². The van der Waals surface area contributed by atoms with E-state index in [1.165, 1.54) is 0 Å². The largest absolute Gasteiger partial charge is 0.497 e. The molecule has 5 heteroatoms. The number of nitrogens with one attached hydrogen (secondary N) is 1. The predicted molar refractivity (Wildman–Crippen MR) is 97.3 cm³/mol. The van der Waals surface area contributed by atoms with Crippen LogP contribution in [0.25, 0.3) is 0 Å². The van der Waals surface area contributed by atoms with Crippen LogP contribution < -0.4 is 10.1 Å². The molecule has 2 aromatic carbocycles. The first kappa shape index (κ1) is 18.3. The molecule has 0 radical (unpaired) electrons. The van der Waals surface area contributed by atoms with E-state index < -0.39 is 0 Å². The zero-order chi connectivity index (χ0) is 17.5. The number of likely N-dealkylation sites (N-methyl/N-ethyl adjacent to an activating group) is 1. The van der Waals surface area contributed by atoms with Gasteiger partial charge in [-0.3, -0.25) is 9.69 Å². The van der Waals surface area contributed by atoms with Crippen LogP contribution in [0.5, 0.6) is 5.75 Å². The van der Waals surface area contributed by atoms with E-state index in [2.05, 4.69) is 5.32 Å². The highest BCUT2D eigenvalue weighted by molar-refractivity contribution is 6.30. The molecule has 128 valence electrons. The number of carbonyl (C=O) groups excluding carboxylic acids is 1. The Morgan fingerprint density at radius 3 is 2.58 bits per heavy atom. The molecule has 0 saturated heterocycles. The number of nitrogens with zero attached hydrogens (tertiary/aromatic N) is 1. The second kappa shape index (κ2) is 8.71. The summed E-state index contributed by atoms with van der Waals surface area (Å²) >= 11 is 5.99. The first-order valence-electron chi connectivity index (χ1n) is 7.84. The monoisotopic (exact) mass is 346 g/mol. The quantitative estimate of drug-likeness (QED) is 0.832. The summed E-state index contributed by atoms with van der Waals surface area (Å²) < 4.78 is 5.15. The summed E-state index contributed by atoms with van der Waals surface area (Å²) in [6, 6.07) is 15.3. The number of amides is 1. The highest BCUT2D eigenvalue weighted by Gasteiger charge is 2.12. The molecule has 0 aromatic heterocycles. The van der Waals surface area contributed by atoms with Crippen molar-refractivity contribution in [1.29, 1.82) is 0 Å². The molecule has 24 heavy (non-hydrogen) atoms. The van der Waals surface area contributed by atoms with Crippen LogP contribution in [-0.2, 0) is 11.3 Å². The third-order valence-electron chi connectivity index (χ3n) is 3.75. The van der Waals surface area contributed by atoms with E-state index in [0.29, 0.717) is 18.1 Å². The first-order valence-corrected chi connectivity index (χ1v) is 8.22. The Hall–Kier alpha value is -2.04. The van der Waals surface area contributed by atoms with Crippen molar-refractivity contribution in [3.8, 4) is 5.75 Å². The Balaban J connectivity index is 1.84. The second-order valence-electron chi connectivity index (χ2n) is 5.86. The van der Waals surface area contributed by atoms with Gasteiger partial charge in [-0.15, -0.1) is 0 Å². The molecule has 0 unspecified atom stereocenters. The third kappa shape index (κ3) is 5.55. The molecule has 0 fully saturated rings. The molecule has 1 atom stereocenters. The lowest BCUT2D eigenvalue weighted by Gasteiger charge is -2.19. The van der Waals surface area contributed by atoms with E-state index in [4.69, 9.17) is 16.3 Å². The maximum Gasteiger partial charge on any atom is 0.234 e. The normalized spacial score (nSPS) is 12.0. The van der Waals surface area contributed by atoms with Crippen molar-refractivity contribution in [2.75, 3.05) is 20.7 Å². The number of methoxy groups -OCH3 is 1. The minimum atomic E-state index is -0.0782. The number of hydrogen-bond acceptors (Lipinski definition) is 3. The molecular formula is C19H23ClN2O2. The topological polar surface area (TPSA) is 41.6 Å². The summed E-state index contributed by atoms with van der Waals surface area (Å²) in [6.07, 6.45) is 0. The van der Waals surface area contributed by atoms with Gasteiger partial charge in [0.15, 0.2) is 0 Å². The number of rotatable bonds is 7. The van der Waals surface area contributed by atoms with Gasteiger partial charge in [-0.1, -0.05) is 35.9 Å². The lowest BCUT2D eigenvalue weighted by atomic mass is 10.1. The summed E-state index contributed by atoms with van der Waals surface area (Å²) in [5.41, 5.74) is 2.13. The van der Waals surface area contributed by atoms with Crippen LogP contribution in [0, 0.1) is 0 Å². The molecule has 2 rings (SSSR count). The van der Waals surface area contributed by atoms with Crippen molar-refractivity contribution in [1.82, 2.24) is 10.2 Å². The fourth-order valence-electron chi connectivity index (χ4n) is 2.49. The molecule has 0 aliphatic rings. The van der Waals surface area contributed by atoms with Crippen molar-refractivity contribution in [2.24, 2.45) is 0 Å². The average Bonchev–Trinajstić information content (AvgIpc) is 2.55. The van der Waals surface area contributed by atoms with Crippen molar-refractivity contribution in [3.63, 3.8) is 0 Å². The van der Waals surface area contributed by atoms with Crippen LogP contribution in [-0.4, -0.2) is 31.5 Å². The zero-order valence-electron chi connectivity index (χ0n) is 14.3. The number of carbonyl (C=O) groups is 1. The van der Waals surface area contributed by atoms with Gasteiger partial charge >= 0.3 is 0 Å². The van der Waals surface area contributed by atoms with Gasteiger partial charge in [-0.2, -0.15) is 0 Å². The van der Waals surface area contributed by atoms with Crippen molar-refractivity contribution in [2.45, 2.75) is 19.5 Å². The van der Waals surface area contributed by atoms with Gasteiger partial charge < -0.3 is 10.1 Å². The molecule has 1 N–H and O–H groups in total. The summed E-state index contributed by atoms with van der Waals surface area (Å²) in [7, 11) is 3.57. The Morgan fingerprint density at radius 2 is 1.96 bits per heavy atom. The molecule has 0 bridgehead atoms. The highest BCUT2D eigenvalue weighted by atomic mass is 35.5. The third-order valence-corrected chi connectivity index (χ3v) is 3.99. The fraction of sp³-hybridized carbons (Fsp3) is 0.316. The van der Waals surface area contributed by atoms with Crippen LogP contribution in [0.15, 0.2) is 48.5 Å². The number of benzene rings is 2. The molecule has 0 spiro atoms. The fourth-order valence-corrected chi connectivity index (χ4v) is 2.69. The molecule has 2 aromatic rings. The average molecular weight is 347 g/mol. The Bertz CT molecular complexity index is 673. The Labute approximate surface area is 148 Å². The molecular weight excluding hydrogens is 324 g/mol. The summed E-state index contributed by atoms with van der Waals surface area (Å²) in [5.74, 6) is 0.813. The SMILES string of the molecule is COc1ccc(CN(C)CC(=O)N[C@H](C)c2cccc(Cl)c2)cc1. The van der Waals surface area contributed by atoms with Crippen molar-refractivity contribution >= 4 is 17.5 Å². The summed E-state index contributed by atoms with van der Waals surface area (Å²) in [4.78, 5) is 14.2. The maximum absolute atomic E-state index is 12.2. The number of ether oxygens (including phenoxy) is 1. The summed E-state index contributed by atoms with van der Waals surface area (Å²) in [6.45, 7) is 2.98. The van der Waals surface area contributed by atoms with Gasteiger partial charge in [0, 0.05) is 11.6 Å². The maximum atomic E-state index is 12.2. The van der Waals surface area contributed by atoms with Crippen molar-refractivity contribution in [3.05, 3.63) is 64.7 Å². The van der Waals surface area contributed by atoms with Gasteiger partial charge in [0.2, 0.25) is 5.91 Å². The second-order valence-corrected chi connectivity index (χ2v) is 6.30. The lowest BCUT2D eigenvalue weighted by molar-refractivity contribution is -0.122. The number of halogens is 1. The number of hydrogen-bond donors (Lipinski definition) is 1. The van der Waals surface area contributed by atoms with Gasteiger partial charge in [-0.05, 0) is 49.4 Å². The van der Waals surface area contributed by atoms with Crippen LogP contribution in [0.2, 0.25) is 5.02 Å². The lowest BCUT2D eigenvalue weighted by Crippen LogP contribution is -2.36. The predicted octanol–water partition coefficient (Wildman–Crippen LogP) is 3.66. The van der Waals surface area contributed by atoms with E-state index in [1.54, 1.807) is 7.11 Å². The first-order chi connectivity index (χ1) is 11.5. The van der Waals surface area contributed by atoms with Crippen LogP contribution in [0.4, 0.5) is 0 Å². The smallest absolute Gasteiger partial charge is 0.234 e. The van der Waals surface area contributed by atoms with Gasteiger partial charge in [0.05, 0.1) is 19.7 Å². The Kier molecular flexibility index (Phi) is 6.64. The standard InChI is InChI=1S/C19H23ClN2O2/c1-14(16-5-4-6-17(20)11-16)21-19(23)13-22(2)12-15-7-9-18(24-3)10-8-15/h4-11,14H,12-13H2,1-3H3,(H,21,23)/t14-/m1/s1. The minimum Gasteiger partial charge on any atom is -0.497 e. The van der Waals surface area contributed by atoms with Gasteiger partial charge in [-0.25, -0.2) is 0 Å². The van der Waals surface area contributed by atoms with Crippen LogP contribution in [0.3, 0.4) is 0 Å². The molecule has 1 amide bonds. The molecule has 0 saturated carbocycles. The highest BCUT2D eigenvalue weighted by Crippen LogP contribution is 2.17. The van der Waals surface area contributed by atoms with Crippen LogP contribution in [0.1, 0.15) is 24.1 Å². The van der Waals surface area contributed by atoms with E-state index in [0.717, 1.165) is 16.9 Å². The van der Waals surface area contributed by atoms with Gasteiger partial charge in [0.25, 0.3) is 0 Å².